The van der Waals surface area contributed by atoms with Crippen LogP contribution in [0.3, 0.4) is 0 Å². The molecule has 1 atom stereocenters. The summed E-state index contributed by atoms with van der Waals surface area (Å²) in [6.07, 6.45) is 8.68. The Balaban J connectivity index is 1.46. The van der Waals surface area contributed by atoms with Crippen molar-refractivity contribution in [3.8, 4) is 0 Å². The third-order valence-electron chi connectivity index (χ3n) is 4.23. The number of aromatic carboxylic acids is 1. The largest absolute Gasteiger partial charge is 0.477 e. The first-order chi connectivity index (χ1) is 9.67. The minimum absolute atomic E-state index is 0.00744. The highest BCUT2D eigenvalue weighted by atomic mass is 16.5. The lowest BCUT2D eigenvalue weighted by Gasteiger charge is -2.38. The van der Waals surface area contributed by atoms with Crippen LogP contribution >= 0.6 is 0 Å². The van der Waals surface area contributed by atoms with Gasteiger partial charge in [0, 0.05) is 12.7 Å². The number of aromatic nitrogens is 2. The van der Waals surface area contributed by atoms with E-state index in [9.17, 15) is 4.79 Å². The van der Waals surface area contributed by atoms with Crippen molar-refractivity contribution < 1.29 is 14.6 Å². The van der Waals surface area contributed by atoms with Gasteiger partial charge in [-0.3, -0.25) is 0 Å². The van der Waals surface area contributed by atoms with Gasteiger partial charge in [0.2, 0.25) is 5.95 Å². The van der Waals surface area contributed by atoms with E-state index in [0.717, 1.165) is 12.8 Å². The normalized spacial score (nSPS) is 23.5. The summed E-state index contributed by atoms with van der Waals surface area (Å²) in [6.45, 7) is 0.698. The molecule has 20 heavy (non-hydrogen) atoms. The van der Waals surface area contributed by atoms with Crippen molar-refractivity contribution in [2.45, 2.75) is 50.2 Å². The highest BCUT2D eigenvalue weighted by molar-refractivity contribution is 5.85. The van der Waals surface area contributed by atoms with Gasteiger partial charge in [-0.1, -0.05) is 0 Å². The second kappa shape index (κ2) is 5.36. The van der Waals surface area contributed by atoms with E-state index in [1.807, 2.05) is 0 Å². The molecule has 2 N–H and O–H groups in total. The lowest BCUT2D eigenvalue weighted by molar-refractivity contribution is -0.0915. The molecular weight excluding hydrogens is 258 g/mol. The van der Waals surface area contributed by atoms with E-state index in [2.05, 4.69) is 15.3 Å². The quantitative estimate of drug-likeness (QED) is 0.857. The number of anilines is 1. The third-order valence-corrected chi connectivity index (χ3v) is 4.23. The molecule has 1 aromatic rings. The molecule has 1 spiro atoms. The maximum atomic E-state index is 10.8. The number of hydrogen-bond donors (Lipinski definition) is 2. The van der Waals surface area contributed by atoms with Crippen molar-refractivity contribution in [3.05, 3.63) is 18.0 Å². The van der Waals surface area contributed by atoms with Gasteiger partial charge >= 0.3 is 5.97 Å². The predicted octanol–water partition coefficient (Wildman–Crippen LogP) is 2.08. The van der Waals surface area contributed by atoms with Crippen LogP contribution in [0.4, 0.5) is 5.95 Å². The van der Waals surface area contributed by atoms with Crippen molar-refractivity contribution in [3.63, 3.8) is 0 Å². The van der Waals surface area contributed by atoms with Gasteiger partial charge in [0.05, 0.1) is 11.7 Å². The molecule has 1 aromatic heterocycles. The fourth-order valence-electron chi connectivity index (χ4n) is 2.95. The zero-order valence-corrected chi connectivity index (χ0v) is 11.3. The van der Waals surface area contributed by atoms with Crippen LogP contribution in [0.15, 0.2) is 12.3 Å². The maximum absolute atomic E-state index is 10.8. The molecule has 2 heterocycles. The molecule has 0 bridgehead atoms. The summed E-state index contributed by atoms with van der Waals surface area (Å²) in [4.78, 5) is 18.8. The molecule has 1 aliphatic carbocycles. The van der Waals surface area contributed by atoms with Crippen molar-refractivity contribution in [2.24, 2.45) is 0 Å². The number of rotatable bonds is 5. The van der Waals surface area contributed by atoms with Gasteiger partial charge in [-0.25, -0.2) is 14.8 Å². The van der Waals surface area contributed by atoms with Crippen LogP contribution in [-0.2, 0) is 4.74 Å². The number of carboxylic acid groups (broad SMARTS) is 1. The lowest BCUT2D eigenvalue weighted by atomic mass is 9.78. The fraction of sp³-hybridized carbons (Fsp3) is 0.643. The van der Waals surface area contributed by atoms with Crippen molar-refractivity contribution in [1.29, 1.82) is 0 Å². The predicted molar refractivity (Wildman–Crippen MR) is 72.8 cm³/mol. The highest BCUT2D eigenvalue weighted by Crippen LogP contribution is 2.46. The lowest BCUT2D eigenvalue weighted by Crippen LogP contribution is -2.37. The second-order valence-electron chi connectivity index (χ2n) is 5.60. The van der Waals surface area contributed by atoms with Gasteiger partial charge in [-0.2, -0.15) is 0 Å². The minimum atomic E-state index is -1.04. The molecule has 6 nitrogen and oxygen atoms in total. The summed E-state index contributed by atoms with van der Waals surface area (Å²) in [5, 5.41) is 11.9. The fourth-order valence-corrected chi connectivity index (χ4v) is 2.95. The first-order valence-electron chi connectivity index (χ1n) is 7.15. The Kier molecular flexibility index (Phi) is 3.56. The van der Waals surface area contributed by atoms with E-state index in [4.69, 9.17) is 9.84 Å². The number of ether oxygens (including phenoxy) is 1. The van der Waals surface area contributed by atoms with Gasteiger partial charge in [-0.15, -0.1) is 0 Å². The Bertz CT molecular complexity index is 502. The van der Waals surface area contributed by atoms with Crippen LogP contribution in [0, 0.1) is 0 Å². The number of carbonyl (C=O) groups is 1. The van der Waals surface area contributed by atoms with Gasteiger partial charge < -0.3 is 15.2 Å². The Hall–Kier alpha value is -1.69. The smallest absolute Gasteiger partial charge is 0.354 e. The monoisotopic (exact) mass is 277 g/mol. The Morgan fingerprint density at radius 1 is 1.50 bits per heavy atom. The molecule has 0 aromatic carbocycles. The number of nitrogens with one attached hydrogen (secondary N) is 1. The summed E-state index contributed by atoms with van der Waals surface area (Å²) < 4.78 is 6.11. The van der Waals surface area contributed by atoms with Gasteiger partial charge in [-0.05, 0) is 44.6 Å². The van der Waals surface area contributed by atoms with E-state index in [0.29, 0.717) is 18.6 Å². The number of carboxylic acids is 1. The average Bonchev–Trinajstić information content (AvgIpc) is 2.84. The Labute approximate surface area is 117 Å². The van der Waals surface area contributed by atoms with Crippen LogP contribution in [0.5, 0.6) is 0 Å². The molecule has 0 radical (unpaired) electrons. The zero-order chi connectivity index (χ0) is 14.0. The van der Waals surface area contributed by atoms with E-state index >= 15 is 0 Å². The van der Waals surface area contributed by atoms with Crippen LogP contribution in [0.2, 0.25) is 0 Å². The molecule has 1 saturated carbocycles. The van der Waals surface area contributed by atoms with Gasteiger partial charge in [0.25, 0.3) is 0 Å². The summed E-state index contributed by atoms with van der Waals surface area (Å²) >= 11 is 0. The first-order valence-corrected chi connectivity index (χ1v) is 7.15. The van der Waals surface area contributed by atoms with Crippen LogP contribution < -0.4 is 5.32 Å². The first kappa shape index (κ1) is 13.3. The molecule has 1 unspecified atom stereocenters. The minimum Gasteiger partial charge on any atom is -0.477 e. The van der Waals surface area contributed by atoms with Crippen molar-refractivity contribution >= 4 is 11.9 Å². The van der Waals surface area contributed by atoms with Crippen LogP contribution in [0.1, 0.15) is 49.0 Å². The molecule has 3 rings (SSSR count). The maximum Gasteiger partial charge on any atom is 0.354 e. The molecule has 1 saturated heterocycles. The molecule has 1 aliphatic heterocycles. The molecule has 2 aliphatic rings. The summed E-state index contributed by atoms with van der Waals surface area (Å²) in [5.74, 6) is -0.678. The third kappa shape index (κ3) is 2.75. The molecule has 2 fully saturated rings. The second-order valence-corrected chi connectivity index (χ2v) is 5.60. The average molecular weight is 277 g/mol. The number of nitrogens with zero attached hydrogens (tertiary/aromatic N) is 2. The van der Waals surface area contributed by atoms with Crippen molar-refractivity contribution in [2.75, 3.05) is 11.9 Å². The number of hydrogen-bond acceptors (Lipinski definition) is 5. The summed E-state index contributed by atoms with van der Waals surface area (Å²) in [7, 11) is 0. The van der Waals surface area contributed by atoms with E-state index in [1.165, 1.54) is 37.9 Å². The van der Waals surface area contributed by atoms with E-state index < -0.39 is 5.97 Å². The SMILES string of the molecule is O=C(O)c1ccnc(NCCC2CCC3(CCC3)O2)n1. The molecular formula is C14H19N3O3. The molecule has 6 heteroatoms. The van der Waals surface area contributed by atoms with Gasteiger partial charge in [0.15, 0.2) is 5.69 Å². The van der Waals surface area contributed by atoms with Gasteiger partial charge in [0.1, 0.15) is 0 Å². The standard InChI is InChI=1S/C14H19N3O3/c18-12(19)11-4-9-16-13(17-11)15-8-3-10-2-7-14(20-10)5-1-6-14/h4,9-10H,1-3,5-8H2,(H,18,19)(H,15,16,17). The summed E-state index contributed by atoms with van der Waals surface area (Å²) in [5.41, 5.74) is 0.206. The molecule has 0 amide bonds. The highest BCUT2D eigenvalue weighted by Gasteiger charge is 2.44. The van der Waals surface area contributed by atoms with Crippen LogP contribution in [0.25, 0.3) is 0 Å². The van der Waals surface area contributed by atoms with E-state index in [-0.39, 0.29) is 11.3 Å². The zero-order valence-electron chi connectivity index (χ0n) is 11.3. The Morgan fingerprint density at radius 2 is 2.35 bits per heavy atom. The summed E-state index contributed by atoms with van der Waals surface area (Å²) in [6, 6.07) is 1.38. The van der Waals surface area contributed by atoms with Crippen molar-refractivity contribution in [1.82, 2.24) is 9.97 Å². The Morgan fingerprint density at radius 3 is 3.00 bits per heavy atom. The topological polar surface area (TPSA) is 84.3 Å². The van der Waals surface area contributed by atoms with E-state index in [1.54, 1.807) is 0 Å². The van der Waals surface area contributed by atoms with Crippen LogP contribution in [-0.4, -0.2) is 39.3 Å². The molecule has 108 valence electrons.